The Morgan fingerprint density at radius 1 is 1.30 bits per heavy atom. The van der Waals surface area contributed by atoms with E-state index in [9.17, 15) is 13.2 Å². The topological polar surface area (TPSA) is 66.9 Å². The Morgan fingerprint density at radius 2 is 2.00 bits per heavy atom. The van der Waals surface area contributed by atoms with Crippen LogP contribution in [0.2, 0.25) is 4.34 Å². The zero-order valence-electron chi connectivity index (χ0n) is 17.0. The van der Waals surface area contributed by atoms with E-state index in [1.54, 1.807) is 29.2 Å². The van der Waals surface area contributed by atoms with E-state index in [0.717, 1.165) is 4.88 Å². The van der Waals surface area contributed by atoms with Gasteiger partial charge in [-0.05, 0) is 44.2 Å². The Labute approximate surface area is 186 Å². The predicted octanol–water partition coefficient (Wildman–Crippen LogP) is 4.03. The number of sulfonamides is 1. The second kappa shape index (κ2) is 9.62. The molecule has 1 aliphatic rings. The molecule has 0 radical (unpaired) electrons. The van der Waals surface area contributed by atoms with Gasteiger partial charge in [0.1, 0.15) is 0 Å². The highest BCUT2D eigenvalue weighted by atomic mass is 35.5. The monoisotopic (exact) mass is 468 g/mol. The number of hydrogen-bond acceptors (Lipinski definition) is 5. The fraction of sp³-hybridized carbons (Fsp3) is 0.381. The fourth-order valence-electron chi connectivity index (χ4n) is 3.45. The van der Waals surface area contributed by atoms with Crippen LogP contribution >= 0.6 is 22.9 Å². The van der Waals surface area contributed by atoms with Crippen molar-refractivity contribution in [3.63, 3.8) is 0 Å². The first-order valence-electron chi connectivity index (χ1n) is 9.60. The number of halogens is 1. The molecule has 162 valence electrons. The lowest BCUT2D eigenvalue weighted by Gasteiger charge is -2.34. The molecule has 1 saturated heterocycles. The first-order valence-corrected chi connectivity index (χ1v) is 12.2. The highest BCUT2D eigenvalue weighted by molar-refractivity contribution is 7.89. The number of rotatable bonds is 7. The molecule has 2 aromatic rings. The van der Waals surface area contributed by atoms with Crippen LogP contribution in [-0.2, 0) is 21.3 Å². The Morgan fingerprint density at radius 3 is 2.60 bits per heavy atom. The minimum Gasteiger partial charge on any atom is -0.373 e. The maximum Gasteiger partial charge on any atom is 0.254 e. The second-order valence-electron chi connectivity index (χ2n) is 7.29. The van der Waals surface area contributed by atoms with Crippen LogP contribution in [0.5, 0.6) is 0 Å². The van der Waals surface area contributed by atoms with Gasteiger partial charge in [-0.25, -0.2) is 8.42 Å². The summed E-state index contributed by atoms with van der Waals surface area (Å²) in [7, 11) is -3.73. The molecule has 2 atom stereocenters. The number of ether oxygens (including phenoxy) is 1. The van der Waals surface area contributed by atoms with Gasteiger partial charge in [0, 0.05) is 30.1 Å². The van der Waals surface area contributed by atoms with Gasteiger partial charge in [-0.15, -0.1) is 17.9 Å². The number of thiophene rings is 1. The normalized spacial score (nSPS) is 20.1. The van der Waals surface area contributed by atoms with Crippen LogP contribution in [0.1, 0.15) is 29.1 Å². The van der Waals surface area contributed by atoms with Crippen molar-refractivity contribution in [1.82, 2.24) is 9.21 Å². The van der Waals surface area contributed by atoms with E-state index in [1.807, 2.05) is 19.9 Å². The fourth-order valence-corrected chi connectivity index (χ4v) is 6.19. The zero-order valence-corrected chi connectivity index (χ0v) is 19.3. The van der Waals surface area contributed by atoms with Gasteiger partial charge >= 0.3 is 0 Å². The summed E-state index contributed by atoms with van der Waals surface area (Å²) in [6.45, 7) is 8.70. The number of benzene rings is 1. The van der Waals surface area contributed by atoms with Crippen molar-refractivity contribution in [2.45, 2.75) is 37.5 Å². The molecule has 1 fully saturated rings. The molecule has 2 unspecified atom stereocenters. The van der Waals surface area contributed by atoms with Gasteiger partial charge in [0.2, 0.25) is 10.0 Å². The molecule has 0 bridgehead atoms. The number of nitrogens with zero attached hydrogens (tertiary/aromatic N) is 2. The lowest BCUT2D eigenvalue weighted by molar-refractivity contribution is -0.0440. The van der Waals surface area contributed by atoms with Gasteiger partial charge in [-0.2, -0.15) is 4.31 Å². The smallest absolute Gasteiger partial charge is 0.254 e. The summed E-state index contributed by atoms with van der Waals surface area (Å²) in [5.74, 6) is -0.264. The standard InChI is InChI=1S/C21H25ClN2O4S2/c1-4-10-23(14-18-8-9-20(22)29-18)21(25)17-6-5-7-19(11-17)30(26,27)24-12-15(2)28-16(3)13-24/h4-9,11,15-16H,1,10,12-14H2,2-3H3. The van der Waals surface area contributed by atoms with E-state index in [0.29, 0.717) is 23.0 Å². The van der Waals surface area contributed by atoms with Crippen molar-refractivity contribution < 1.29 is 17.9 Å². The number of morpholine rings is 1. The van der Waals surface area contributed by atoms with Crippen molar-refractivity contribution in [2.24, 2.45) is 0 Å². The number of hydrogen-bond donors (Lipinski definition) is 0. The molecule has 0 aliphatic carbocycles. The third kappa shape index (κ3) is 5.31. The molecule has 6 nitrogen and oxygen atoms in total. The number of amides is 1. The third-order valence-corrected chi connectivity index (χ3v) is 7.76. The summed E-state index contributed by atoms with van der Waals surface area (Å²) in [4.78, 5) is 15.8. The zero-order chi connectivity index (χ0) is 21.9. The SMILES string of the molecule is C=CCN(Cc1ccc(Cl)s1)C(=O)c1cccc(S(=O)(=O)N2CC(C)OC(C)C2)c1. The molecule has 1 aliphatic heterocycles. The number of carbonyl (C=O) groups excluding carboxylic acids is 1. The van der Waals surface area contributed by atoms with E-state index in [1.165, 1.54) is 27.8 Å². The van der Waals surface area contributed by atoms with Gasteiger partial charge in [0.15, 0.2) is 0 Å². The minimum absolute atomic E-state index is 0.104. The molecule has 0 N–H and O–H groups in total. The summed E-state index contributed by atoms with van der Waals surface area (Å²) in [5.41, 5.74) is 0.315. The van der Waals surface area contributed by atoms with E-state index >= 15 is 0 Å². The van der Waals surface area contributed by atoms with E-state index in [2.05, 4.69) is 6.58 Å². The molecule has 9 heteroatoms. The maximum atomic E-state index is 13.2. The minimum atomic E-state index is -3.73. The summed E-state index contributed by atoms with van der Waals surface area (Å²) in [5, 5.41) is 0. The molecular formula is C21H25ClN2O4S2. The number of carbonyl (C=O) groups is 1. The van der Waals surface area contributed by atoms with Crippen molar-refractivity contribution in [3.05, 3.63) is 63.8 Å². The van der Waals surface area contributed by atoms with Crippen LogP contribution in [0.15, 0.2) is 53.9 Å². The Bertz CT molecular complexity index is 1010. The molecule has 30 heavy (non-hydrogen) atoms. The average molecular weight is 469 g/mol. The highest BCUT2D eigenvalue weighted by Gasteiger charge is 2.32. The van der Waals surface area contributed by atoms with Crippen molar-refractivity contribution in [2.75, 3.05) is 19.6 Å². The first-order chi connectivity index (χ1) is 14.2. The third-order valence-electron chi connectivity index (χ3n) is 4.72. The van der Waals surface area contributed by atoms with Gasteiger partial charge in [-0.1, -0.05) is 23.7 Å². The molecule has 1 aromatic carbocycles. The molecule has 3 rings (SSSR count). The second-order valence-corrected chi connectivity index (χ2v) is 11.0. The van der Waals surface area contributed by atoms with Crippen molar-refractivity contribution in [1.29, 1.82) is 0 Å². The summed E-state index contributed by atoms with van der Waals surface area (Å²) in [6, 6.07) is 9.85. The Hall–Kier alpha value is -1.71. The largest absolute Gasteiger partial charge is 0.373 e. The van der Waals surface area contributed by atoms with Crippen LogP contribution < -0.4 is 0 Å². The molecule has 1 aromatic heterocycles. The first kappa shape index (κ1) is 23.0. The molecule has 0 spiro atoms. The summed E-state index contributed by atoms with van der Waals surface area (Å²) >= 11 is 7.40. The molecule has 2 heterocycles. The van der Waals surface area contributed by atoms with E-state index in [-0.39, 0.29) is 36.1 Å². The van der Waals surface area contributed by atoms with Crippen LogP contribution in [0.25, 0.3) is 0 Å². The van der Waals surface area contributed by atoms with Crippen LogP contribution in [0.3, 0.4) is 0 Å². The van der Waals surface area contributed by atoms with E-state index in [4.69, 9.17) is 16.3 Å². The van der Waals surface area contributed by atoms with Crippen LogP contribution in [-0.4, -0.2) is 55.4 Å². The molecule has 0 saturated carbocycles. The van der Waals surface area contributed by atoms with Crippen molar-refractivity contribution >= 4 is 38.9 Å². The molecular weight excluding hydrogens is 444 g/mol. The molecule has 1 amide bonds. The van der Waals surface area contributed by atoms with E-state index < -0.39 is 10.0 Å². The van der Waals surface area contributed by atoms with Crippen LogP contribution in [0.4, 0.5) is 0 Å². The Balaban J connectivity index is 1.85. The van der Waals surface area contributed by atoms with Gasteiger partial charge < -0.3 is 9.64 Å². The predicted molar refractivity (Wildman–Crippen MR) is 119 cm³/mol. The van der Waals surface area contributed by atoms with Gasteiger partial charge in [-0.3, -0.25) is 4.79 Å². The van der Waals surface area contributed by atoms with Crippen LogP contribution in [0, 0.1) is 0 Å². The van der Waals surface area contributed by atoms with Crippen molar-refractivity contribution in [3.8, 4) is 0 Å². The quantitative estimate of drug-likeness (QED) is 0.575. The lowest BCUT2D eigenvalue weighted by atomic mass is 10.2. The van der Waals surface area contributed by atoms with Gasteiger partial charge in [0.05, 0.1) is 28.0 Å². The maximum absolute atomic E-state index is 13.2. The highest BCUT2D eigenvalue weighted by Crippen LogP contribution is 2.25. The summed E-state index contributed by atoms with van der Waals surface area (Å²) in [6.07, 6.45) is 1.27. The average Bonchev–Trinajstić information content (AvgIpc) is 3.11. The summed E-state index contributed by atoms with van der Waals surface area (Å²) < 4.78 is 34.0. The lowest BCUT2D eigenvalue weighted by Crippen LogP contribution is -2.48. The Kier molecular flexibility index (Phi) is 7.36. The van der Waals surface area contributed by atoms with Gasteiger partial charge in [0.25, 0.3) is 5.91 Å².